The van der Waals surface area contributed by atoms with Crippen LogP contribution in [0.4, 0.5) is 9.59 Å². The first kappa shape index (κ1) is 13.7. The van der Waals surface area contributed by atoms with E-state index in [9.17, 15) is 9.59 Å². The predicted octanol–water partition coefficient (Wildman–Crippen LogP) is 4.00. The molecule has 0 bridgehead atoms. The Kier molecular flexibility index (Phi) is 3.66. The molecule has 0 fully saturated rings. The summed E-state index contributed by atoms with van der Waals surface area (Å²) in [4.78, 5) is 21.9. The van der Waals surface area contributed by atoms with Crippen LogP contribution in [0.3, 0.4) is 0 Å². The van der Waals surface area contributed by atoms with Crippen LogP contribution in [0.15, 0.2) is 48.5 Å². The van der Waals surface area contributed by atoms with E-state index in [0.29, 0.717) is 0 Å². The van der Waals surface area contributed by atoms with Gasteiger partial charge in [0, 0.05) is 5.92 Å². The van der Waals surface area contributed by atoms with Crippen LogP contribution in [-0.4, -0.2) is 18.1 Å². The lowest BCUT2D eigenvalue weighted by molar-refractivity contribution is 0.0814. The van der Waals surface area contributed by atoms with Crippen molar-refractivity contribution < 1.29 is 19.1 Å². The molecule has 5 heteroatoms. The summed E-state index contributed by atoms with van der Waals surface area (Å²) < 4.78 is 9.27. The average molecular weight is 300 g/mol. The maximum Gasteiger partial charge on any atom is 0.516 e. The third-order valence-electron chi connectivity index (χ3n) is 3.50. The molecule has 1 aliphatic carbocycles. The summed E-state index contributed by atoms with van der Waals surface area (Å²) in [5.41, 5.74) is 4.48. The molecule has 0 saturated heterocycles. The Morgan fingerprint density at radius 3 is 2.00 bits per heavy atom. The van der Waals surface area contributed by atoms with Crippen LogP contribution in [0.2, 0.25) is 0 Å². The molecule has 0 atom stereocenters. The molecule has 2 aromatic carbocycles. The molecule has 4 nitrogen and oxygen atoms in total. The van der Waals surface area contributed by atoms with Crippen LogP contribution in [-0.2, 0) is 9.47 Å². The molecule has 0 heterocycles. The number of carbonyl (C=O) groups excluding carboxylic acids is 2. The zero-order chi connectivity index (χ0) is 14.8. The fourth-order valence-corrected chi connectivity index (χ4v) is 2.77. The van der Waals surface area contributed by atoms with E-state index in [0.717, 1.165) is 22.3 Å². The van der Waals surface area contributed by atoms with Crippen molar-refractivity contribution >= 4 is 24.1 Å². The predicted molar refractivity (Wildman–Crippen MR) is 80.5 cm³/mol. The monoisotopic (exact) mass is 300 g/mol. The Bertz CT molecular complexity index is 665. The topological polar surface area (TPSA) is 52.6 Å². The first-order valence-electron chi connectivity index (χ1n) is 6.42. The van der Waals surface area contributed by atoms with Crippen molar-refractivity contribution in [2.75, 3.05) is 6.61 Å². The third-order valence-corrected chi connectivity index (χ3v) is 3.59. The summed E-state index contributed by atoms with van der Waals surface area (Å²) >= 11 is 3.37. The second kappa shape index (κ2) is 5.61. The van der Waals surface area contributed by atoms with Crippen LogP contribution in [0.25, 0.3) is 11.1 Å². The highest BCUT2D eigenvalue weighted by atomic mass is 32.1. The Hall–Kier alpha value is -2.27. The fraction of sp³-hybridized carbons (Fsp3) is 0.125. The lowest BCUT2D eigenvalue weighted by Crippen LogP contribution is -2.14. The van der Waals surface area contributed by atoms with Crippen LogP contribution in [0.5, 0.6) is 0 Å². The van der Waals surface area contributed by atoms with E-state index >= 15 is 0 Å². The maximum atomic E-state index is 11.3. The molecule has 106 valence electrons. The van der Waals surface area contributed by atoms with Crippen LogP contribution in [0.1, 0.15) is 17.0 Å². The van der Waals surface area contributed by atoms with Gasteiger partial charge in [-0.2, -0.15) is 0 Å². The SMILES string of the molecule is O=C(S)OC(=O)OCC1c2ccccc2-c2ccccc21. The van der Waals surface area contributed by atoms with E-state index in [4.69, 9.17) is 4.74 Å². The number of hydrogen-bond acceptors (Lipinski definition) is 4. The van der Waals surface area contributed by atoms with Gasteiger partial charge in [0.15, 0.2) is 0 Å². The van der Waals surface area contributed by atoms with Crippen molar-refractivity contribution in [2.24, 2.45) is 0 Å². The first-order valence-corrected chi connectivity index (χ1v) is 6.87. The van der Waals surface area contributed by atoms with Crippen molar-refractivity contribution in [3.63, 3.8) is 0 Å². The van der Waals surface area contributed by atoms with E-state index in [2.05, 4.69) is 17.4 Å². The number of hydrogen-bond donors (Lipinski definition) is 1. The molecule has 0 N–H and O–H groups in total. The molecule has 0 saturated carbocycles. The lowest BCUT2D eigenvalue weighted by atomic mass is 9.98. The van der Waals surface area contributed by atoms with Crippen molar-refractivity contribution in [1.82, 2.24) is 0 Å². The molecule has 0 unspecified atom stereocenters. The molecular formula is C16H12O4S. The van der Waals surface area contributed by atoms with Crippen LogP contribution >= 0.6 is 12.6 Å². The van der Waals surface area contributed by atoms with Gasteiger partial charge < -0.3 is 9.47 Å². The van der Waals surface area contributed by atoms with Gasteiger partial charge >= 0.3 is 11.5 Å². The number of fused-ring (bicyclic) bond motifs is 3. The Balaban J connectivity index is 1.85. The van der Waals surface area contributed by atoms with Crippen molar-refractivity contribution in [1.29, 1.82) is 0 Å². The maximum absolute atomic E-state index is 11.3. The average Bonchev–Trinajstić information content (AvgIpc) is 2.79. The van der Waals surface area contributed by atoms with Gasteiger partial charge in [-0.25, -0.2) is 9.59 Å². The number of carbonyl (C=O) groups is 2. The standard InChI is InChI=1S/C16H12O4S/c17-15(20-16(18)21)19-9-14-12-7-3-1-5-10(12)11-6-2-4-8-13(11)14/h1-8,14H,9H2,(H,18,21). The minimum absolute atomic E-state index is 0.0556. The van der Waals surface area contributed by atoms with Gasteiger partial charge in [0.05, 0.1) is 0 Å². The summed E-state index contributed by atoms with van der Waals surface area (Å²) in [5.74, 6) is -0.0556. The van der Waals surface area contributed by atoms with E-state index in [1.807, 2.05) is 48.5 Å². The van der Waals surface area contributed by atoms with Crippen molar-refractivity contribution in [3.05, 3.63) is 59.7 Å². The van der Waals surface area contributed by atoms with Crippen molar-refractivity contribution in [3.8, 4) is 11.1 Å². The lowest BCUT2D eigenvalue weighted by Gasteiger charge is -2.13. The second-order valence-electron chi connectivity index (χ2n) is 4.66. The highest BCUT2D eigenvalue weighted by Gasteiger charge is 2.29. The van der Waals surface area contributed by atoms with E-state index in [1.165, 1.54) is 0 Å². The quantitative estimate of drug-likeness (QED) is 0.517. The molecule has 0 aliphatic heterocycles. The van der Waals surface area contributed by atoms with Gasteiger partial charge in [-0.1, -0.05) is 61.2 Å². The molecule has 0 aromatic heterocycles. The highest BCUT2D eigenvalue weighted by molar-refractivity contribution is 7.96. The number of benzene rings is 2. The summed E-state index contributed by atoms with van der Waals surface area (Å²) in [5, 5.41) is -0.979. The van der Waals surface area contributed by atoms with Crippen LogP contribution in [0, 0.1) is 0 Å². The van der Waals surface area contributed by atoms with Crippen LogP contribution < -0.4 is 0 Å². The minimum atomic E-state index is -1.03. The Morgan fingerprint density at radius 1 is 0.952 bits per heavy atom. The molecule has 0 spiro atoms. The Morgan fingerprint density at radius 2 is 1.48 bits per heavy atom. The zero-order valence-corrected chi connectivity index (χ0v) is 11.9. The molecule has 2 aromatic rings. The zero-order valence-electron chi connectivity index (χ0n) is 11.0. The van der Waals surface area contributed by atoms with E-state index in [1.54, 1.807) is 0 Å². The van der Waals surface area contributed by atoms with Gasteiger partial charge in [0.25, 0.3) is 0 Å². The van der Waals surface area contributed by atoms with E-state index < -0.39 is 11.5 Å². The normalized spacial score (nSPS) is 12.4. The summed E-state index contributed by atoms with van der Waals surface area (Å²) in [6.45, 7) is 0.119. The van der Waals surface area contributed by atoms with Gasteiger partial charge in [-0.15, -0.1) is 0 Å². The molecule has 3 rings (SSSR count). The van der Waals surface area contributed by atoms with Gasteiger partial charge in [-0.05, 0) is 22.3 Å². The molecule has 0 radical (unpaired) electrons. The molecule has 1 aliphatic rings. The number of thiol groups is 1. The molecule has 21 heavy (non-hydrogen) atoms. The second-order valence-corrected chi connectivity index (χ2v) is 5.02. The summed E-state index contributed by atoms with van der Waals surface area (Å²) in [7, 11) is 0. The molecule has 0 amide bonds. The molecular weight excluding hydrogens is 288 g/mol. The summed E-state index contributed by atoms with van der Waals surface area (Å²) in [6, 6.07) is 16.0. The smallest absolute Gasteiger partial charge is 0.433 e. The number of rotatable bonds is 2. The van der Waals surface area contributed by atoms with E-state index in [-0.39, 0.29) is 12.5 Å². The number of ether oxygens (including phenoxy) is 2. The van der Waals surface area contributed by atoms with Crippen molar-refractivity contribution in [2.45, 2.75) is 5.92 Å². The highest BCUT2D eigenvalue weighted by Crippen LogP contribution is 2.44. The third kappa shape index (κ3) is 2.64. The largest absolute Gasteiger partial charge is 0.516 e. The first-order chi connectivity index (χ1) is 10.2. The minimum Gasteiger partial charge on any atom is -0.433 e. The fourth-order valence-electron chi connectivity index (χ4n) is 2.69. The van der Waals surface area contributed by atoms with Gasteiger partial charge in [0.1, 0.15) is 6.61 Å². The van der Waals surface area contributed by atoms with Gasteiger partial charge in [0.2, 0.25) is 0 Å². The van der Waals surface area contributed by atoms with Gasteiger partial charge in [-0.3, -0.25) is 0 Å². The summed E-state index contributed by atoms with van der Waals surface area (Å²) in [6.07, 6.45) is -1.03. The Labute approximate surface area is 127 Å².